The van der Waals surface area contributed by atoms with Crippen molar-refractivity contribution in [1.29, 1.82) is 5.41 Å². The van der Waals surface area contributed by atoms with Gasteiger partial charge in [0.1, 0.15) is 12.4 Å². The van der Waals surface area contributed by atoms with Crippen molar-refractivity contribution in [2.24, 2.45) is 5.73 Å². The van der Waals surface area contributed by atoms with Gasteiger partial charge in [0.25, 0.3) is 0 Å². The van der Waals surface area contributed by atoms with Gasteiger partial charge in [0.15, 0.2) is 11.5 Å². The van der Waals surface area contributed by atoms with Gasteiger partial charge in [0, 0.05) is 10.9 Å². The second kappa shape index (κ2) is 6.38. The lowest BCUT2D eigenvalue weighted by Crippen LogP contribution is -2.11. The van der Waals surface area contributed by atoms with Gasteiger partial charge in [-0.3, -0.25) is 5.41 Å². The van der Waals surface area contributed by atoms with E-state index >= 15 is 0 Å². The first-order valence-corrected chi connectivity index (χ1v) is 7.13. The summed E-state index contributed by atoms with van der Waals surface area (Å²) in [4.78, 5) is 4.35. The molecule has 2 aromatic rings. The van der Waals surface area contributed by atoms with E-state index in [9.17, 15) is 0 Å². The molecule has 2 rings (SSSR count). The maximum absolute atomic E-state index is 7.45. The third-order valence-corrected chi connectivity index (χ3v) is 3.42. The fraction of sp³-hybridized carbons (Fsp3) is 0.286. The van der Waals surface area contributed by atoms with Crippen molar-refractivity contribution >= 4 is 17.2 Å². The van der Waals surface area contributed by atoms with E-state index in [4.69, 9.17) is 20.6 Å². The molecule has 0 fully saturated rings. The molecule has 20 heavy (non-hydrogen) atoms. The number of aromatic nitrogens is 1. The third-order valence-electron chi connectivity index (χ3n) is 2.60. The van der Waals surface area contributed by atoms with Crippen molar-refractivity contribution in [2.45, 2.75) is 20.5 Å². The highest BCUT2D eigenvalue weighted by Crippen LogP contribution is 2.29. The van der Waals surface area contributed by atoms with Crippen LogP contribution >= 0.6 is 11.3 Å². The number of thiazole rings is 1. The summed E-state index contributed by atoms with van der Waals surface area (Å²) < 4.78 is 11.3. The summed E-state index contributed by atoms with van der Waals surface area (Å²) in [5, 5.41) is 10.4. The predicted molar refractivity (Wildman–Crippen MR) is 79.8 cm³/mol. The summed E-state index contributed by atoms with van der Waals surface area (Å²) >= 11 is 1.59. The number of nitrogens with two attached hydrogens (primary N) is 1. The Bertz CT molecular complexity index is 610. The molecule has 6 heteroatoms. The lowest BCUT2D eigenvalue weighted by molar-refractivity contribution is 0.267. The Hall–Kier alpha value is -2.08. The van der Waals surface area contributed by atoms with Crippen LogP contribution in [0.5, 0.6) is 11.5 Å². The largest absolute Gasteiger partial charge is 0.490 e. The van der Waals surface area contributed by atoms with Crippen LogP contribution < -0.4 is 15.2 Å². The van der Waals surface area contributed by atoms with Crippen molar-refractivity contribution in [3.05, 3.63) is 39.8 Å². The van der Waals surface area contributed by atoms with Crippen LogP contribution in [0.2, 0.25) is 0 Å². The van der Waals surface area contributed by atoms with E-state index in [2.05, 4.69) is 4.98 Å². The quantitative estimate of drug-likeness (QED) is 0.633. The number of benzene rings is 1. The maximum Gasteiger partial charge on any atom is 0.161 e. The van der Waals surface area contributed by atoms with Crippen LogP contribution in [0.25, 0.3) is 0 Å². The van der Waals surface area contributed by atoms with Gasteiger partial charge in [-0.1, -0.05) is 0 Å². The topological polar surface area (TPSA) is 81.2 Å². The van der Waals surface area contributed by atoms with E-state index in [1.165, 1.54) is 0 Å². The molecule has 0 amide bonds. The zero-order valence-corrected chi connectivity index (χ0v) is 12.3. The molecule has 0 radical (unpaired) electrons. The number of amidine groups is 1. The van der Waals surface area contributed by atoms with Gasteiger partial charge in [0.05, 0.1) is 17.3 Å². The maximum atomic E-state index is 7.45. The normalized spacial score (nSPS) is 10.3. The lowest BCUT2D eigenvalue weighted by atomic mass is 10.2. The van der Waals surface area contributed by atoms with Crippen LogP contribution in [0.15, 0.2) is 23.6 Å². The molecule has 0 atom stereocenters. The number of rotatable bonds is 6. The average Bonchev–Trinajstić information content (AvgIpc) is 2.83. The van der Waals surface area contributed by atoms with E-state index in [-0.39, 0.29) is 5.84 Å². The van der Waals surface area contributed by atoms with Crippen molar-refractivity contribution in [3.63, 3.8) is 0 Å². The van der Waals surface area contributed by atoms with E-state index in [1.807, 2.05) is 19.2 Å². The summed E-state index contributed by atoms with van der Waals surface area (Å²) in [6.45, 7) is 4.77. The van der Waals surface area contributed by atoms with Gasteiger partial charge in [-0.15, -0.1) is 11.3 Å². The zero-order chi connectivity index (χ0) is 14.5. The number of nitrogens with zero attached hydrogens (tertiary/aromatic N) is 1. The summed E-state index contributed by atoms with van der Waals surface area (Å²) in [5.74, 6) is 1.22. The highest BCUT2D eigenvalue weighted by molar-refractivity contribution is 7.09. The zero-order valence-electron chi connectivity index (χ0n) is 11.5. The second-order valence-electron chi connectivity index (χ2n) is 4.15. The van der Waals surface area contributed by atoms with Gasteiger partial charge in [-0.05, 0) is 32.0 Å². The summed E-state index contributed by atoms with van der Waals surface area (Å²) in [5.41, 5.74) is 6.99. The molecule has 0 aliphatic heterocycles. The Labute approximate surface area is 121 Å². The first-order valence-electron chi connectivity index (χ1n) is 6.25. The summed E-state index contributed by atoms with van der Waals surface area (Å²) in [6.07, 6.45) is 0. The molecule has 1 heterocycles. The van der Waals surface area contributed by atoms with Crippen molar-refractivity contribution in [2.75, 3.05) is 6.61 Å². The summed E-state index contributed by atoms with van der Waals surface area (Å²) in [7, 11) is 0. The van der Waals surface area contributed by atoms with Gasteiger partial charge < -0.3 is 15.2 Å². The SMILES string of the molecule is CCOc1cc(C(=N)N)ccc1OCc1csc(C)n1. The summed E-state index contributed by atoms with van der Waals surface area (Å²) in [6, 6.07) is 5.22. The van der Waals surface area contributed by atoms with Gasteiger partial charge in [-0.25, -0.2) is 4.98 Å². The molecule has 1 aromatic heterocycles. The van der Waals surface area contributed by atoms with Crippen molar-refractivity contribution < 1.29 is 9.47 Å². The molecule has 0 saturated heterocycles. The number of nitrogens with one attached hydrogen (secondary N) is 1. The first-order chi connectivity index (χ1) is 9.60. The number of ether oxygens (including phenoxy) is 2. The van der Waals surface area contributed by atoms with Crippen LogP contribution in [-0.4, -0.2) is 17.4 Å². The smallest absolute Gasteiger partial charge is 0.161 e. The van der Waals surface area contributed by atoms with Crippen molar-refractivity contribution in [1.82, 2.24) is 4.98 Å². The van der Waals surface area contributed by atoms with E-state index in [1.54, 1.807) is 29.5 Å². The van der Waals surface area contributed by atoms with Crippen LogP contribution in [-0.2, 0) is 6.61 Å². The Morgan fingerprint density at radius 2 is 2.15 bits per heavy atom. The Balaban J connectivity index is 2.15. The van der Waals surface area contributed by atoms with E-state index < -0.39 is 0 Å². The molecule has 106 valence electrons. The van der Waals surface area contributed by atoms with Crippen molar-refractivity contribution in [3.8, 4) is 11.5 Å². The number of hydrogen-bond acceptors (Lipinski definition) is 5. The fourth-order valence-corrected chi connectivity index (χ4v) is 2.29. The molecule has 0 unspecified atom stereocenters. The lowest BCUT2D eigenvalue weighted by Gasteiger charge is -2.12. The molecular formula is C14H17N3O2S. The molecule has 3 N–H and O–H groups in total. The van der Waals surface area contributed by atoms with E-state index in [0.29, 0.717) is 30.3 Å². The van der Waals surface area contributed by atoms with Crippen LogP contribution in [0.3, 0.4) is 0 Å². The minimum atomic E-state index is 0.00706. The fourth-order valence-electron chi connectivity index (χ4n) is 1.69. The Morgan fingerprint density at radius 3 is 2.75 bits per heavy atom. The highest BCUT2D eigenvalue weighted by Gasteiger charge is 2.09. The highest BCUT2D eigenvalue weighted by atomic mass is 32.1. The monoisotopic (exact) mass is 291 g/mol. The molecular weight excluding hydrogens is 274 g/mol. The number of hydrogen-bond donors (Lipinski definition) is 2. The molecule has 0 bridgehead atoms. The Morgan fingerprint density at radius 1 is 1.35 bits per heavy atom. The minimum Gasteiger partial charge on any atom is -0.490 e. The number of aryl methyl sites for hydroxylation is 1. The molecule has 0 saturated carbocycles. The van der Waals surface area contributed by atoms with Crippen LogP contribution in [0.1, 0.15) is 23.2 Å². The first kappa shape index (κ1) is 14.3. The minimum absolute atomic E-state index is 0.00706. The predicted octanol–water partition coefficient (Wildman–Crippen LogP) is 2.71. The van der Waals surface area contributed by atoms with Gasteiger partial charge >= 0.3 is 0 Å². The Kier molecular flexibility index (Phi) is 4.57. The third kappa shape index (κ3) is 3.48. The van der Waals surface area contributed by atoms with E-state index in [0.717, 1.165) is 10.7 Å². The molecule has 0 spiro atoms. The number of nitrogen functional groups attached to an aromatic ring is 1. The van der Waals surface area contributed by atoms with Crippen LogP contribution in [0.4, 0.5) is 0 Å². The molecule has 0 aliphatic rings. The van der Waals surface area contributed by atoms with Gasteiger partial charge in [0.2, 0.25) is 0 Å². The standard InChI is InChI=1S/C14H17N3O2S/c1-3-18-13-6-10(14(15)16)4-5-12(13)19-7-11-8-20-9(2)17-11/h4-6,8H,3,7H2,1-2H3,(H3,15,16). The van der Waals surface area contributed by atoms with Gasteiger partial charge in [-0.2, -0.15) is 0 Å². The van der Waals surface area contributed by atoms with Crippen LogP contribution in [0, 0.1) is 12.3 Å². The second-order valence-corrected chi connectivity index (χ2v) is 5.22. The molecule has 1 aromatic carbocycles. The average molecular weight is 291 g/mol. The molecule has 5 nitrogen and oxygen atoms in total. The molecule has 0 aliphatic carbocycles.